The van der Waals surface area contributed by atoms with Crippen LogP contribution in [-0.4, -0.2) is 36.5 Å². The molecule has 1 aliphatic heterocycles. The lowest BCUT2D eigenvalue weighted by molar-refractivity contribution is 0.0741. The Labute approximate surface area is 126 Å². The summed E-state index contributed by atoms with van der Waals surface area (Å²) in [7, 11) is 0. The van der Waals surface area contributed by atoms with Gasteiger partial charge in [0, 0.05) is 29.7 Å². The van der Waals surface area contributed by atoms with Crippen LogP contribution in [0.3, 0.4) is 0 Å². The highest BCUT2D eigenvalue weighted by Crippen LogP contribution is 2.18. The lowest BCUT2D eigenvalue weighted by atomic mass is 10.1. The Hall–Kier alpha value is -1.06. The molecule has 1 aromatic carbocycles. The third-order valence-electron chi connectivity index (χ3n) is 3.80. The van der Waals surface area contributed by atoms with Gasteiger partial charge in [-0.1, -0.05) is 18.5 Å². The Morgan fingerprint density at radius 2 is 2.30 bits per heavy atom. The lowest BCUT2D eigenvalue weighted by Crippen LogP contribution is -2.41. The van der Waals surface area contributed by atoms with Gasteiger partial charge in [-0.2, -0.15) is 0 Å². The van der Waals surface area contributed by atoms with E-state index in [4.69, 9.17) is 11.6 Å². The molecule has 1 unspecified atom stereocenters. The van der Waals surface area contributed by atoms with Gasteiger partial charge >= 0.3 is 0 Å². The molecule has 1 N–H and O–H groups in total. The third kappa shape index (κ3) is 3.74. The topological polar surface area (TPSA) is 32.3 Å². The van der Waals surface area contributed by atoms with Crippen molar-refractivity contribution in [2.24, 2.45) is 0 Å². The Morgan fingerprint density at radius 1 is 1.50 bits per heavy atom. The van der Waals surface area contributed by atoms with Crippen molar-refractivity contribution >= 4 is 17.5 Å². The van der Waals surface area contributed by atoms with Crippen molar-refractivity contribution in [2.75, 3.05) is 19.6 Å². The molecule has 1 heterocycles. The number of rotatable bonds is 5. The molecule has 0 aliphatic carbocycles. The van der Waals surface area contributed by atoms with Crippen LogP contribution < -0.4 is 5.32 Å². The second kappa shape index (κ2) is 7.09. The molecule has 3 nitrogen and oxygen atoms in total. The van der Waals surface area contributed by atoms with Crippen molar-refractivity contribution < 1.29 is 4.79 Å². The molecule has 1 aromatic rings. The number of nitrogens with one attached hydrogen (secondary N) is 1. The fourth-order valence-corrected chi connectivity index (χ4v) is 2.99. The van der Waals surface area contributed by atoms with Crippen LogP contribution in [0.25, 0.3) is 0 Å². The van der Waals surface area contributed by atoms with Crippen LogP contribution in [0.15, 0.2) is 18.2 Å². The Balaban J connectivity index is 2.12. The first-order chi connectivity index (χ1) is 9.61. The van der Waals surface area contributed by atoms with Crippen molar-refractivity contribution in [1.29, 1.82) is 0 Å². The number of aryl methyl sites for hydroxylation is 1. The van der Waals surface area contributed by atoms with E-state index in [1.54, 1.807) is 6.07 Å². The first-order valence-electron chi connectivity index (χ1n) is 7.40. The van der Waals surface area contributed by atoms with Crippen LogP contribution in [0, 0.1) is 6.92 Å². The highest BCUT2D eigenvalue weighted by atomic mass is 35.5. The van der Waals surface area contributed by atoms with E-state index in [0.717, 1.165) is 43.6 Å². The largest absolute Gasteiger partial charge is 0.337 e. The maximum Gasteiger partial charge on any atom is 0.254 e. The van der Waals surface area contributed by atoms with Gasteiger partial charge in [0.2, 0.25) is 0 Å². The van der Waals surface area contributed by atoms with E-state index in [-0.39, 0.29) is 5.91 Å². The fraction of sp³-hybridized carbons (Fsp3) is 0.562. The van der Waals surface area contributed by atoms with E-state index in [1.807, 2.05) is 24.0 Å². The van der Waals surface area contributed by atoms with Gasteiger partial charge in [0.1, 0.15) is 0 Å². The minimum absolute atomic E-state index is 0.120. The molecule has 1 atom stereocenters. The molecule has 1 aliphatic rings. The quantitative estimate of drug-likeness (QED) is 0.904. The van der Waals surface area contributed by atoms with Crippen molar-refractivity contribution in [3.05, 3.63) is 34.3 Å². The predicted octanol–water partition coefficient (Wildman–Crippen LogP) is 3.25. The molecule has 0 saturated carbocycles. The molecule has 20 heavy (non-hydrogen) atoms. The van der Waals surface area contributed by atoms with Crippen LogP contribution in [-0.2, 0) is 0 Å². The van der Waals surface area contributed by atoms with Crippen LogP contribution in [0.4, 0.5) is 0 Å². The molecule has 1 saturated heterocycles. The maximum absolute atomic E-state index is 12.7. The first-order valence-corrected chi connectivity index (χ1v) is 7.78. The standard InChI is InChI=1S/C16H23ClN2O/c1-3-9-19(11-14-5-4-8-18-14)16(20)15-7-6-13(17)10-12(15)2/h6-7,10,14,18H,3-5,8-9,11H2,1-2H3. The summed E-state index contributed by atoms with van der Waals surface area (Å²) in [6, 6.07) is 5.93. The predicted molar refractivity (Wildman–Crippen MR) is 83.4 cm³/mol. The zero-order chi connectivity index (χ0) is 14.5. The Kier molecular flexibility index (Phi) is 5.44. The number of hydrogen-bond donors (Lipinski definition) is 1. The summed E-state index contributed by atoms with van der Waals surface area (Å²) < 4.78 is 0. The zero-order valence-electron chi connectivity index (χ0n) is 12.3. The van der Waals surface area contributed by atoms with Gasteiger partial charge in [0.05, 0.1) is 0 Å². The molecule has 0 spiro atoms. The summed E-state index contributed by atoms with van der Waals surface area (Å²) >= 11 is 5.96. The van der Waals surface area contributed by atoms with Gasteiger partial charge in [-0.05, 0) is 56.5 Å². The van der Waals surface area contributed by atoms with Gasteiger partial charge in [0.15, 0.2) is 0 Å². The molecule has 4 heteroatoms. The summed E-state index contributed by atoms with van der Waals surface area (Å²) in [6.45, 7) is 6.72. The highest BCUT2D eigenvalue weighted by Gasteiger charge is 2.22. The molecule has 110 valence electrons. The average Bonchev–Trinajstić information content (AvgIpc) is 2.90. The van der Waals surface area contributed by atoms with Crippen LogP contribution in [0.2, 0.25) is 5.02 Å². The zero-order valence-corrected chi connectivity index (χ0v) is 13.0. The Bertz CT molecular complexity index is 470. The number of amides is 1. The SMILES string of the molecule is CCCN(CC1CCCN1)C(=O)c1ccc(Cl)cc1C. The summed E-state index contributed by atoms with van der Waals surface area (Å²) in [6.07, 6.45) is 3.34. The van der Waals surface area contributed by atoms with Crippen molar-refractivity contribution in [2.45, 2.75) is 39.2 Å². The van der Waals surface area contributed by atoms with E-state index in [1.165, 1.54) is 6.42 Å². The molecule has 0 aromatic heterocycles. The normalized spacial score (nSPS) is 18.2. The minimum atomic E-state index is 0.120. The number of benzene rings is 1. The number of nitrogens with zero attached hydrogens (tertiary/aromatic N) is 1. The number of halogens is 1. The number of carbonyl (C=O) groups excluding carboxylic acids is 1. The number of carbonyl (C=O) groups is 1. The number of hydrogen-bond acceptors (Lipinski definition) is 2. The van der Waals surface area contributed by atoms with Crippen LogP contribution in [0.5, 0.6) is 0 Å². The van der Waals surface area contributed by atoms with Crippen LogP contribution >= 0.6 is 11.6 Å². The minimum Gasteiger partial charge on any atom is -0.337 e. The van der Waals surface area contributed by atoms with Crippen LogP contribution in [0.1, 0.15) is 42.1 Å². The van der Waals surface area contributed by atoms with Gasteiger partial charge in [0.25, 0.3) is 5.91 Å². The maximum atomic E-state index is 12.7. The molecule has 2 rings (SSSR count). The monoisotopic (exact) mass is 294 g/mol. The molecule has 1 fully saturated rings. The van der Waals surface area contributed by atoms with E-state index in [2.05, 4.69) is 12.2 Å². The van der Waals surface area contributed by atoms with Crippen molar-refractivity contribution in [3.63, 3.8) is 0 Å². The summed E-state index contributed by atoms with van der Waals surface area (Å²) in [4.78, 5) is 14.7. The van der Waals surface area contributed by atoms with Gasteiger partial charge in [-0.25, -0.2) is 0 Å². The van der Waals surface area contributed by atoms with E-state index in [9.17, 15) is 4.79 Å². The molecule has 0 bridgehead atoms. The van der Waals surface area contributed by atoms with E-state index >= 15 is 0 Å². The summed E-state index contributed by atoms with van der Waals surface area (Å²) in [5.41, 5.74) is 1.71. The Morgan fingerprint density at radius 3 is 2.90 bits per heavy atom. The first kappa shape index (κ1) is 15.3. The van der Waals surface area contributed by atoms with Crippen molar-refractivity contribution in [1.82, 2.24) is 10.2 Å². The van der Waals surface area contributed by atoms with Gasteiger partial charge < -0.3 is 10.2 Å². The smallest absolute Gasteiger partial charge is 0.254 e. The average molecular weight is 295 g/mol. The molecule has 1 amide bonds. The fourth-order valence-electron chi connectivity index (χ4n) is 2.76. The van der Waals surface area contributed by atoms with Crippen molar-refractivity contribution in [3.8, 4) is 0 Å². The van der Waals surface area contributed by atoms with Gasteiger partial charge in [-0.15, -0.1) is 0 Å². The van der Waals surface area contributed by atoms with E-state index in [0.29, 0.717) is 11.1 Å². The lowest BCUT2D eigenvalue weighted by Gasteiger charge is -2.26. The molecule has 0 radical (unpaired) electrons. The van der Waals surface area contributed by atoms with Gasteiger partial charge in [-0.3, -0.25) is 4.79 Å². The van der Waals surface area contributed by atoms with E-state index < -0.39 is 0 Å². The molecular formula is C16H23ClN2O. The molecular weight excluding hydrogens is 272 g/mol. The third-order valence-corrected chi connectivity index (χ3v) is 4.04. The summed E-state index contributed by atoms with van der Waals surface area (Å²) in [5.74, 6) is 0.120. The second-order valence-electron chi connectivity index (χ2n) is 5.50. The summed E-state index contributed by atoms with van der Waals surface area (Å²) in [5, 5.41) is 4.14. The second-order valence-corrected chi connectivity index (χ2v) is 5.94. The highest BCUT2D eigenvalue weighted by molar-refractivity contribution is 6.30.